The zero-order chi connectivity index (χ0) is 39.8. The minimum absolute atomic E-state index is 0.138. The highest BCUT2D eigenvalue weighted by Crippen LogP contribution is 2.26. The van der Waals surface area contributed by atoms with Crippen molar-refractivity contribution in [2.45, 2.75) is 161 Å². The molecule has 0 radical (unpaired) electrons. The first kappa shape index (κ1) is 49.0. The van der Waals surface area contributed by atoms with Crippen LogP contribution in [0.4, 0.5) is 8.78 Å². The lowest BCUT2D eigenvalue weighted by molar-refractivity contribution is 0.150. The average molecular weight is 723 g/mol. The number of piperidine rings is 1. The SMILES string of the molecule is CC.CC(C)c1ccc(CN2CCC(C(C)C)CC2)nc1.CCCC=C(C)C.CCCCC(C)C.Cc1ncc(F)c(-c2cc(C)c(C)c(F)c2)n1. The van der Waals surface area contributed by atoms with Gasteiger partial charge < -0.3 is 0 Å². The summed E-state index contributed by atoms with van der Waals surface area (Å²) in [5.41, 5.74) is 5.90. The van der Waals surface area contributed by atoms with Crippen molar-refractivity contribution in [3.05, 3.63) is 88.2 Å². The lowest BCUT2D eigenvalue weighted by atomic mass is 9.87. The number of aryl methyl sites for hydroxylation is 2. The number of nitrogens with zero attached hydrogens (tertiary/aromatic N) is 4. The number of benzene rings is 1. The Morgan fingerprint density at radius 3 is 1.92 bits per heavy atom. The summed E-state index contributed by atoms with van der Waals surface area (Å²) < 4.78 is 27.2. The first-order chi connectivity index (χ1) is 24.6. The second kappa shape index (κ2) is 27.6. The van der Waals surface area contributed by atoms with E-state index in [2.05, 4.69) is 107 Å². The van der Waals surface area contributed by atoms with Gasteiger partial charge in [0.25, 0.3) is 0 Å². The number of rotatable bonds is 10. The van der Waals surface area contributed by atoms with Crippen LogP contribution < -0.4 is 0 Å². The molecule has 0 amide bonds. The lowest BCUT2D eigenvalue weighted by Gasteiger charge is -2.33. The molecule has 294 valence electrons. The van der Waals surface area contributed by atoms with Gasteiger partial charge in [0.15, 0.2) is 5.82 Å². The standard InChI is InChI=1S/C17H28N2.C13H12F2N2.C7H16.C7H14.C2H6/c1-13(2)15-7-9-19(10-8-15)12-17-6-5-16(11-18-17)14(3)4;1-7-4-10(5-11(14)8(7)2)13-12(15)6-16-9(3)17-13;2*1-4-5-6-7(2)3;1-2/h5-6,11,13-15H,7-10,12H2,1-4H3;4-6H,1-3H3;7H,4-6H2,1-3H3;6H,4-5H2,1-3H3;1-2H3. The molecule has 3 heterocycles. The Morgan fingerprint density at radius 1 is 0.865 bits per heavy atom. The van der Waals surface area contributed by atoms with E-state index in [-0.39, 0.29) is 11.5 Å². The van der Waals surface area contributed by atoms with Crippen molar-refractivity contribution in [2.75, 3.05) is 13.1 Å². The molecule has 0 aliphatic carbocycles. The maximum atomic E-state index is 13.6. The maximum absolute atomic E-state index is 13.6. The van der Waals surface area contributed by atoms with Gasteiger partial charge in [-0.2, -0.15) is 0 Å². The minimum Gasteiger partial charge on any atom is -0.297 e. The van der Waals surface area contributed by atoms with E-state index in [0.717, 1.165) is 36.1 Å². The molecule has 0 atom stereocenters. The highest BCUT2D eigenvalue weighted by atomic mass is 19.1. The van der Waals surface area contributed by atoms with Crippen LogP contribution in [0.5, 0.6) is 0 Å². The van der Waals surface area contributed by atoms with Crippen LogP contribution in [0.25, 0.3) is 11.3 Å². The number of halogens is 2. The van der Waals surface area contributed by atoms with Gasteiger partial charge in [-0.1, -0.05) is 113 Å². The van der Waals surface area contributed by atoms with E-state index in [4.69, 9.17) is 0 Å². The number of hydrogen-bond acceptors (Lipinski definition) is 4. The molecule has 6 heteroatoms. The predicted molar refractivity (Wildman–Crippen MR) is 223 cm³/mol. The van der Waals surface area contributed by atoms with E-state index in [1.54, 1.807) is 26.8 Å². The molecule has 2 aromatic heterocycles. The summed E-state index contributed by atoms with van der Waals surface area (Å²) >= 11 is 0. The molecule has 3 aromatic rings. The highest BCUT2D eigenvalue weighted by Gasteiger charge is 2.21. The van der Waals surface area contributed by atoms with Gasteiger partial charge in [-0.15, -0.1) is 0 Å². The molecule has 1 aliphatic rings. The summed E-state index contributed by atoms with van der Waals surface area (Å²) in [6, 6.07) is 7.45. The largest absolute Gasteiger partial charge is 0.297 e. The Balaban J connectivity index is 0.000000718. The Hall–Kier alpha value is -2.99. The fraction of sp³-hybridized carbons (Fsp3) is 0.630. The van der Waals surface area contributed by atoms with Crippen LogP contribution in [0.3, 0.4) is 0 Å². The average Bonchev–Trinajstić information content (AvgIpc) is 3.11. The summed E-state index contributed by atoms with van der Waals surface area (Å²) in [5.74, 6) is 2.80. The third kappa shape index (κ3) is 20.3. The summed E-state index contributed by atoms with van der Waals surface area (Å²) in [4.78, 5) is 14.9. The molecule has 0 spiro atoms. The molecule has 52 heavy (non-hydrogen) atoms. The third-order valence-electron chi connectivity index (χ3n) is 9.19. The third-order valence-corrected chi connectivity index (χ3v) is 9.19. The van der Waals surface area contributed by atoms with Gasteiger partial charge in [0.2, 0.25) is 0 Å². The Morgan fingerprint density at radius 2 is 1.50 bits per heavy atom. The lowest BCUT2D eigenvalue weighted by Crippen LogP contribution is -2.34. The number of likely N-dealkylation sites (tertiary alicyclic amines) is 1. The molecule has 1 saturated heterocycles. The predicted octanol–water partition coefficient (Wildman–Crippen LogP) is 14.0. The fourth-order valence-electron chi connectivity index (χ4n) is 5.53. The van der Waals surface area contributed by atoms with Crippen LogP contribution in [0.1, 0.15) is 162 Å². The Kier molecular flexibility index (Phi) is 26.0. The van der Waals surface area contributed by atoms with Crippen molar-refractivity contribution in [1.82, 2.24) is 19.9 Å². The van der Waals surface area contributed by atoms with Crippen LogP contribution in [-0.4, -0.2) is 32.9 Å². The second-order valence-electron chi connectivity index (χ2n) is 15.2. The number of unbranched alkanes of at least 4 members (excludes halogenated alkanes) is 2. The molecular formula is C46H76F2N4. The van der Waals surface area contributed by atoms with Crippen molar-refractivity contribution in [2.24, 2.45) is 17.8 Å². The number of hydrogen-bond donors (Lipinski definition) is 0. The van der Waals surface area contributed by atoms with Crippen molar-refractivity contribution in [3.8, 4) is 11.3 Å². The number of pyridine rings is 1. The van der Waals surface area contributed by atoms with Crippen molar-refractivity contribution >= 4 is 0 Å². The molecule has 1 aromatic carbocycles. The summed E-state index contributed by atoms with van der Waals surface area (Å²) in [5, 5.41) is 0. The van der Waals surface area contributed by atoms with Gasteiger partial charge in [0, 0.05) is 18.3 Å². The van der Waals surface area contributed by atoms with E-state index >= 15 is 0 Å². The van der Waals surface area contributed by atoms with E-state index in [0.29, 0.717) is 22.9 Å². The quantitative estimate of drug-likeness (QED) is 0.195. The molecule has 0 unspecified atom stereocenters. The number of aromatic nitrogens is 3. The first-order valence-corrected chi connectivity index (χ1v) is 20.2. The molecule has 0 bridgehead atoms. The van der Waals surface area contributed by atoms with Gasteiger partial charge >= 0.3 is 0 Å². The fourth-order valence-corrected chi connectivity index (χ4v) is 5.53. The van der Waals surface area contributed by atoms with Crippen molar-refractivity contribution in [1.29, 1.82) is 0 Å². The highest BCUT2D eigenvalue weighted by molar-refractivity contribution is 5.61. The van der Waals surface area contributed by atoms with Crippen molar-refractivity contribution in [3.63, 3.8) is 0 Å². The normalized spacial score (nSPS) is 12.8. The molecule has 1 aliphatic heterocycles. The zero-order valence-electron chi connectivity index (χ0n) is 36.0. The van der Waals surface area contributed by atoms with Crippen LogP contribution in [0.2, 0.25) is 0 Å². The first-order valence-electron chi connectivity index (χ1n) is 20.2. The van der Waals surface area contributed by atoms with Gasteiger partial charge in [0.05, 0.1) is 11.9 Å². The molecule has 0 saturated carbocycles. The van der Waals surface area contributed by atoms with Gasteiger partial charge in [-0.05, 0) is 126 Å². The molecule has 1 fully saturated rings. The second-order valence-corrected chi connectivity index (χ2v) is 15.2. The topological polar surface area (TPSA) is 41.9 Å². The summed E-state index contributed by atoms with van der Waals surface area (Å²) in [6.45, 7) is 35.0. The number of allylic oxidation sites excluding steroid dienone is 2. The molecule has 4 nitrogen and oxygen atoms in total. The zero-order valence-corrected chi connectivity index (χ0v) is 36.0. The van der Waals surface area contributed by atoms with Crippen LogP contribution in [0, 0.1) is 50.2 Å². The summed E-state index contributed by atoms with van der Waals surface area (Å²) in [7, 11) is 0. The Labute approximate surface area is 319 Å². The van der Waals surface area contributed by atoms with Crippen LogP contribution in [0.15, 0.2) is 48.3 Å². The molecular weight excluding hydrogens is 647 g/mol. The Bertz CT molecular complexity index is 1360. The monoisotopic (exact) mass is 723 g/mol. The van der Waals surface area contributed by atoms with Crippen molar-refractivity contribution < 1.29 is 8.78 Å². The molecule has 4 rings (SSSR count). The van der Waals surface area contributed by atoms with E-state index in [1.807, 2.05) is 20.0 Å². The smallest absolute Gasteiger partial charge is 0.167 e. The van der Waals surface area contributed by atoms with Gasteiger partial charge in [0.1, 0.15) is 17.3 Å². The van der Waals surface area contributed by atoms with E-state index in [1.165, 1.54) is 80.9 Å². The van der Waals surface area contributed by atoms with Crippen LogP contribution in [-0.2, 0) is 6.54 Å². The molecule has 0 N–H and O–H groups in total. The van der Waals surface area contributed by atoms with E-state index in [9.17, 15) is 8.78 Å². The van der Waals surface area contributed by atoms with E-state index < -0.39 is 5.82 Å². The minimum atomic E-state index is -0.543. The van der Waals surface area contributed by atoms with Crippen LogP contribution >= 0.6 is 0 Å². The maximum Gasteiger partial charge on any atom is 0.167 e. The van der Waals surface area contributed by atoms with Gasteiger partial charge in [-0.25, -0.2) is 18.7 Å². The van der Waals surface area contributed by atoms with Gasteiger partial charge in [-0.3, -0.25) is 9.88 Å². The summed E-state index contributed by atoms with van der Waals surface area (Å²) in [6.07, 6.45) is 14.8.